The van der Waals surface area contributed by atoms with Gasteiger partial charge < -0.3 is 32.2 Å². The molecular weight excluding hydrogens is 589 g/mol. The van der Waals surface area contributed by atoms with Crippen LogP contribution in [0, 0.1) is 0 Å². The molecule has 0 atom stereocenters. The van der Waals surface area contributed by atoms with E-state index in [1.807, 2.05) is 0 Å². The number of thioether (sulfide) groups is 1. The fourth-order valence-corrected chi connectivity index (χ4v) is 4.27. The fraction of sp³-hybridized carbons (Fsp3) is 0.250. The number of amides is 1. The summed E-state index contributed by atoms with van der Waals surface area (Å²) < 4.78 is 1.79. The summed E-state index contributed by atoms with van der Waals surface area (Å²) in [6.07, 6.45) is 1.02. The number of nitrogens with two attached hydrogens (primary N) is 1. The fourth-order valence-electron chi connectivity index (χ4n) is 3.07. The first-order valence-electron chi connectivity index (χ1n) is 11.1. The molecule has 0 saturated carbocycles. The van der Waals surface area contributed by atoms with Crippen molar-refractivity contribution >= 4 is 58.6 Å². The van der Waals surface area contributed by atoms with E-state index in [9.17, 15) is 9.59 Å². The van der Waals surface area contributed by atoms with Gasteiger partial charge in [0.05, 0.1) is 29.6 Å². The van der Waals surface area contributed by atoms with E-state index in [0.29, 0.717) is 44.3 Å². The number of hydrogen-bond donors (Lipinski definition) is 4. The molecule has 0 fully saturated rings. The van der Waals surface area contributed by atoms with Crippen molar-refractivity contribution in [1.29, 1.82) is 0 Å². The molecule has 1 aromatic heterocycles. The molecule has 3 aromatic rings. The van der Waals surface area contributed by atoms with Gasteiger partial charge >= 0.3 is 11.9 Å². The Morgan fingerprint density at radius 2 is 1.60 bits per heavy atom. The number of rotatable bonds is 10. The van der Waals surface area contributed by atoms with Gasteiger partial charge in [-0.1, -0.05) is 42.3 Å². The quantitative estimate of drug-likeness (QED) is 0.145. The van der Waals surface area contributed by atoms with Crippen LogP contribution >= 0.6 is 35.0 Å². The van der Waals surface area contributed by atoms with E-state index in [1.165, 1.54) is 0 Å². The SMILES string of the molecule is CCCSCc1nnc(CNC(=O)CN)n1-c1ccc(Cl)cc1C(=O)c1ccccc1Cl.O.O.O=C(O)C(=O)O. The van der Waals surface area contributed by atoms with Crippen molar-refractivity contribution in [3.63, 3.8) is 0 Å². The Morgan fingerprint density at radius 1 is 0.975 bits per heavy atom. The van der Waals surface area contributed by atoms with Gasteiger partial charge in [0.25, 0.3) is 0 Å². The first-order valence-corrected chi connectivity index (χ1v) is 13.0. The van der Waals surface area contributed by atoms with Gasteiger partial charge in [-0.25, -0.2) is 9.59 Å². The highest BCUT2D eigenvalue weighted by molar-refractivity contribution is 7.98. The average Bonchev–Trinajstić information content (AvgIpc) is 3.30. The molecule has 3 rings (SSSR count). The van der Waals surface area contributed by atoms with Gasteiger partial charge in [0.2, 0.25) is 5.91 Å². The molecule has 0 saturated heterocycles. The lowest BCUT2D eigenvalue weighted by Crippen LogP contribution is -2.30. The second kappa shape index (κ2) is 17.9. The number of carbonyl (C=O) groups is 4. The predicted molar refractivity (Wildman–Crippen MR) is 151 cm³/mol. The van der Waals surface area contributed by atoms with Crippen LogP contribution in [0.4, 0.5) is 0 Å². The number of aromatic nitrogens is 3. The number of nitrogens with zero attached hydrogens (tertiary/aromatic N) is 3. The summed E-state index contributed by atoms with van der Waals surface area (Å²) in [5, 5.41) is 26.8. The molecule has 218 valence electrons. The molecule has 0 aliphatic heterocycles. The number of nitrogens with one attached hydrogen (secondary N) is 1. The standard InChI is InChI=1S/C22H23Cl2N5O2S.C2H2O4.2H2O/c1-2-9-32-13-20-28-27-19(12-26-21(30)11-25)29(20)18-8-7-14(23)10-16(18)22(31)15-5-3-4-6-17(15)24;3-1(4)2(5)6;;/h3-8,10H,2,9,11-13,25H2,1H3,(H,26,30);(H,3,4)(H,5,6);2*1H2. The molecule has 9 N–H and O–H groups in total. The zero-order chi connectivity index (χ0) is 28.2. The summed E-state index contributed by atoms with van der Waals surface area (Å²) in [7, 11) is 0. The van der Waals surface area contributed by atoms with Crippen LogP contribution in [-0.2, 0) is 26.7 Å². The van der Waals surface area contributed by atoms with Crippen molar-refractivity contribution in [1.82, 2.24) is 20.1 Å². The number of benzene rings is 2. The van der Waals surface area contributed by atoms with E-state index in [2.05, 4.69) is 22.4 Å². The summed E-state index contributed by atoms with van der Waals surface area (Å²) in [6, 6.07) is 11.9. The van der Waals surface area contributed by atoms with Crippen molar-refractivity contribution in [2.45, 2.75) is 25.6 Å². The molecule has 1 heterocycles. The van der Waals surface area contributed by atoms with Gasteiger partial charge in [-0.15, -0.1) is 10.2 Å². The topological polar surface area (TPSA) is 240 Å². The van der Waals surface area contributed by atoms with Crippen LogP contribution in [0.25, 0.3) is 5.69 Å². The van der Waals surface area contributed by atoms with Gasteiger partial charge in [0, 0.05) is 16.1 Å². The van der Waals surface area contributed by atoms with Crippen LogP contribution < -0.4 is 11.1 Å². The van der Waals surface area contributed by atoms with Crippen LogP contribution in [0.5, 0.6) is 0 Å². The molecule has 0 bridgehead atoms. The summed E-state index contributed by atoms with van der Waals surface area (Å²) >= 11 is 14.2. The maximum Gasteiger partial charge on any atom is 0.414 e. The average molecular weight is 618 g/mol. The predicted octanol–water partition coefficient (Wildman–Crippen LogP) is 1.53. The third-order valence-corrected chi connectivity index (χ3v) is 6.48. The monoisotopic (exact) mass is 617 g/mol. The Hall–Kier alpha value is -3.53. The Bertz CT molecular complexity index is 1310. The number of ketones is 1. The zero-order valence-electron chi connectivity index (χ0n) is 21.2. The molecule has 13 nitrogen and oxygen atoms in total. The van der Waals surface area contributed by atoms with Gasteiger partial charge in [-0.05, 0) is 42.5 Å². The first kappa shape index (κ1) is 36.5. The van der Waals surface area contributed by atoms with E-state index in [-0.39, 0.29) is 35.7 Å². The van der Waals surface area contributed by atoms with E-state index in [1.54, 1.807) is 58.8 Å². The molecule has 0 unspecified atom stereocenters. The minimum absolute atomic E-state index is 0. The van der Waals surface area contributed by atoms with Crippen molar-refractivity contribution < 1.29 is 40.3 Å². The van der Waals surface area contributed by atoms with Crippen LogP contribution in [0.1, 0.15) is 40.9 Å². The largest absolute Gasteiger partial charge is 0.473 e. The highest BCUT2D eigenvalue weighted by Gasteiger charge is 2.22. The summed E-state index contributed by atoms with van der Waals surface area (Å²) in [5.41, 5.74) is 6.69. The summed E-state index contributed by atoms with van der Waals surface area (Å²) in [5.74, 6) is -1.54. The highest BCUT2D eigenvalue weighted by Crippen LogP contribution is 2.28. The Balaban J connectivity index is 0.00000171. The van der Waals surface area contributed by atoms with Crippen LogP contribution in [0.2, 0.25) is 10.0 Å². The van der Waals surface area contributed by atoms with E-state index >= 15 is 0 Å². The van der Waals surface area contributed by atoms with Gasteiger partial charge in [0.15, 0.2) is 11.6 Å². The normalized spacial score (nSPS) is 9.80. The van der Waals surface area contributed by atoms with Gasteiger partial charge in [0.1, 0.15) is 5.82 Å². The van der Waals surface area contributed by atoms with Crippen LogP contribution in [0.3, 0.4) is 0 Å². The lowest BCUT2D eigenvalue weighted by Gasteiger charge is -2.16. The minimum Gasteiger partial charge on any atom is -0.473 e. The number of carboxylic acids is 2. The van der Waals surface area contributed by atoms with Crippen LogP contribution in [-0.4, -0.2) is 71.9 Å². The Kier molecular flexibility index (Phi) is 16.4. The number of hydrogen-bond acceptors (Lipinski definition) is 8. The summed E-state index contributed by atoms with van der Waals surface area (Å²) in [4.78, 5) is 43.4. The number of halogens is 2. The maximum absolute atomic E-state index is 13.4. The van der Waals surface area contributed by atoms with E-state index < -0.39 is 11.9 Å². The van der Waals surface area contributed by atoms with Crippen LogP contribution in [0.15, 0.2) is 42.5 Å². The molecule has 40 heavy (non-hydrogen) atoms. The smallest absolute Gasteiger partial charge is 0.414 e. The van der Waals surface area contributed by atoms with Gasteiger partial charge in [-0.3, -0.25) is 14.2 Å². The molecule has 2 aromatic carbocycles. The molecule has 0 aliphatic rings. The molecule has 0 aliphatic carbocycles. The zero-order valence-corrected chi connectivity index (χ0v) is 23.5. The minimum atomic E-state index is -1.82. The lowest BCUT2D eigenvalue weighted by molar-refractivity contribution is -0.159. The van der Waals surface area contributed by atoms with Gasteiger partial charge in [-0.2, -0.15) is 11.8 Å². The number of aliphatic carboxylic acids is 2. The second-order valence-electron chi connectivity index (χ2n) is 7.48. The highest BCUT2D eigenvalue weighted by atomic mass is 35.5. The van der Waals surface area contributed by atoms with Crippen molar-refractivity contribution in [2.24, 2.45) is 5.73 Å². The molecule has 0 spiro atoms. The Morgan fingerprint density at radius 3 is 2.17 bits per heavy atom. The molecule has 1 amide bonds. The first-order chi connectivity index (χ1) is 18.1. The summed E-state index contributed by atoms with van der Waals surface area (Å²) in [6.45, 7) is 2.08. The molecular formula is C24H29Cl2N5O8S. The number of carboxylic acid groups (broad SMARTS) is 2. The number of carbonyl (C=O) groups excluding carboxylic acids is 2. The molecule has 16 heteroatoms. The maximum atomic E-state index is 13.4. The third-order valence-electron chi connectivity index (χ3n) is 4.75. The van der Waals surface area contributed by atoms with E-state index in [4.69, 9.17) is 48.7 Å². The Labute approximate surface area is 243 Å². The van der Waals surface area contributed by atoms with Crippen molar-refractivity contribution in [2.75, 3.05) is 12.3 Å². The van der Waals surface area contributed by atoms with Crippen molar-refractivity contribution in [3.8, 4) is 5.69 Å². The lowest BCUT2D eigenvalue weighted by atomic mass is 10.0. The molecule has 0 radical (unpaired) electrons. The third kappa shape index (κ3) is 10.2. The van der Waals surface area contributed by atoms with Crippen molar-refractivity contribution in [3.05, 3.63) is 75.3 Å². The second-order valence-corrected chi connectivity index (χ2v) is 9.43. The van der Waals surface area contributed by atoms with E-state index in [0.717, 1.165) is 12.2 Å².